The predicted octanol–water partition coefficient (Wildman–Crippen LogP) is 4.23. The molecule has 0 aliphatic heterocycles. The highest BCUT2D eigenvalue weighted by molar-refractivity contribution is 7.92. The minimum absolute atomic E-state index is 0.00480. The van der Waals surface area contributed by atoms with E-state index in [0.29, 0.717) is 17.2 Å². The van der Waals surface area contributed by atoms with Crippen molar-refractivity contribution in [1.29, 1.82) is 0 Å². The molecule has 0 radical (unpaired) electrons. The van der Waals surface area contributed by atoms with Crippen LogP contribution in [0.25, 0.3) is 0 Å². The molecule has 10 heteroatoms. The van der Waals surface area contributed by atoms with E-state index in [1.54, 1.807) is 80.8 Å². The number of hydrogen-bond donors (Lipinski definition) is 1. The summed E-state index contributed by atoms with van der Waals surface area (Å²) in [7, 11) is -1.10. The first kappa shape index (κ1) is 30.5. The van der Waals surface area contributed by atoms with Gasteiger partial charge in [0.1, 0.15) is 24.1 Å². The standard InChI is InChI=1S/C30H37N3O6S/c1-22(29(35)31-30(2,3)4)32(20-23-12-14-25(38-5)15-13-23)28(34)21-33(24-10-8-7-9-11-24)40(36,37)27-18-16-26(39-6)17-19-27/h7-19,22H,20-21H2,1-6H3,(H,31,35)/t22-/m0/s1. The molecule has 0 unspecified atom stereocenters. The Morgan fingerprint density at radius 1 is 0.850 bits per heavy atom. The van der Waals surface area contributed by atoms with Crippen LogP contribution >= 0.6 is 0 Å². The Labute approximate surface area is 236 Å². The van der Waals surface area contributed by atoms with E-state index in [4.69, 9.17) is 9.47 Å². The van der Waals surface area contributed by atoms with Gasteiger partial charge in [0.15, 0.2) is 0 Å². The number of nitrogens with zero attached hydrogens (tertiary/aromatic N) is 2. The number of carbonyl (C=O) groups is 2. The molecule has 1 atom stereocenters. The molecule has 0 saturated carbocycles. The number of methoxy groups -OCH3 is 2. The highest BCUT2D eigenvalue weighted by Gasteiger charge is 2.33. The van der Waals surface area contributed by atoms with Crippen LogP contribution in [0.5, 0.6) is 11.5 Å². The second-order valence-electron chi connectivity index (χ2n) is 10.3. The smallest absolute Gasteiger partial charge is 0.264 e. The van der Waals surface area contributed by atoms with Crippen LogP contribution in [0.15, 0.2) is 83.8 Å². The van der Waals surface area contributed by atoms with Crippen molar-refractivity contribution in [3.63, 3.8) is 0 Å². The second kappa shape index (κ2) is 12.9. The maximum Gasteiger partial charge on any atom is 0.264 e. The highest BCUT2D eigenvalue weighted by Crippen LogP contribution is 2.26. The number of carbonyl (C=O) groups excluding carboxylic acids is 2. The minimum Gasteiger partial charge on any atom is -0.497 e. The van der Waals surface area contributed by atoms with E-state index in [9.17, 15) is 18.0 Å². The molecule has 0 fully saturated rings. The zero-order valence-electron chi connectivity index (χ0n) is 23.7. The Hall–Kier alpha value is -4.05. The van der Waals surface area contributed by atoms with Gasteiger partial charge in [-0.3, -0.25) is 13.9 Å². The number of sulfonamides is 1. The summed E-state index contributed by atoms with van der Waals surface area (Å²) in [5.74, 6) is 0.276. The Morgan fingerprint density at radius 2 is 1.38 bits per heavy atom. The van der Waals surface area contributed by atoms with Gasteiger partial charge in [-0.05, 0) is 81.8 Å². The number of nitrogens with one attached hydrogen (secondary N) is 1. The van der Waals surface area contributed by atoms with Crippen LogP contribution < -0.4 is 19.1 Å². The summed E-state index contributed by atoms with van der Waals surface area (Å²) >= 11 is 0. The molecular formula is C30H37N3O6S. The maximum absolute atomic E-state index is 13.9. The summed E-state index contributed by atoms with van der Waals surface area (Å²) in [6.07, 6.45) is 0. The number of hydrogen-bond acceptors (Lipinski definition) is 6. The van der Waals surface area contributed by atoms with Gasteiger partial charge in [0.05, 0.1) is 24.8 Å². The Bertz CT molecular complexity index is 1390. The van der Waals surface area contributed by atoms with Crippen LogP contribution in [0.4, 0.5) is 5.69 Å². The van der Waals surface area contributed by atoms with Gasteiger partial charge in [-0.15, -0.1) is 0 Å². The van der Waals surface area contributed by atoms with Crippen molar-refractivity contribution >= 4 is 27.5 Å². The van der Waals surface area contributed by atoms with Gasteiger partial charge in [0, 0.05) is 12.1 Å². The van der Waals surface area contributed by atoms with Crippen molar-refractivity contribution in [3.8, 4) is 11.5 Å². The third kappa shape index (κ3) is 7.75. The molecule has 0 saturated heterocycles. The van der Waals surface area contributed by atoms with Gasteiger partial charge < -0.3 is 19.7 Å². The van der Waals surface area contributed by atoms with Crippen LogP contribution in [-0.2, 0) is 26.2 Å². The molecular weight excluding hydrogens is 530 g/mol. The Kier molecular flexibility index (Phi) is 9.81. The predicted molar refractivity (Wildman–Crippen MR) is 155 cm³/mol. The Balaban J connectivity index is 2.00. The number of ether oxygens (including phenoxy) is 2. The van der Waals surface area contributed by atoms with Gasteiger partial charge in [0.25, 0.3) is 10.0 Å². The highest BCUT2D eigenvalue weighted by atomic mass is 32.2. The average Bonchev–Trinajstić information content (AvgIpc) is 2.94. The van der Waals surface area contributed by atoms with Crippen LogP contribution in [-0.4, -0.2) is 57.5 Å². The van der Waals surface area contributed by atoms with Crippen LogP contribution in [0.2, 0.25) is 0 Å². The first-order chi connectivity index (χ1) is 18.9. The quantitative estimate of drug-likeness (QED) is 0.372. The molecule has 1 N–H and O–H groups in total. The van der Waals surface area contributed by atoms with Crippen LogP contribution in [0.3, 0.4) is 0 Å². The van der Waals surface area contributed by atoms with Crippen molar-refractivity contribution in [1.82, 2.24) is 10.2 Å². The lowest BCUT2D eigenvalue weighted by molar-refractivity contribution is -0.140. The van der Waals surface area contributed by atoms with E-state index in [1.807, 2.05) is 20.8 Å². The summed E-state index contributed by atoms with van der Waals surface area (Å²) < 4.78 is 39.1. The number of benzene rings is 3. The second-order valence-corrected chi connectivity index (χ2v) is 12.2. The van der Waals surface area contributed by atoms with Crippen molar-refractivity contribution in [2.45, 2.75) is 50.7 Å². The van der Waals surface area contributed by atoms with Crippen molar-refractivity contribution in [3.05, 3.63) is 84.4 Å². The topological polar surface area (TPSA) is 105 Å². The largest absolute Gasteiger partial charge is 0.497 e. The molecule has 3 rings (SSSR count). The van der Waals surface area contributed by atoms with E-state index in [2.05, 4.69) is 5.32 Å². The maximum atomic E-state index is 13.9. The zero-order valence-corrected chi connectivity index (χ0v) is 24.6. The molecule has 40 heavy (non-hydrogen) atoms. The Morgan fingerprint density at radius 3 is 1.88 bits per heavy atom. The molecule has 0 aliphatic carbocycles. The van der Waals surface area contributed by atoms with E-state index >= 15 is 0 Å². The van der Waals surface area contributed by atoms with Crippen molar-refractivity contribution in [2.24, 2.45) is 0 Å². The molecule has 2 amide bonds. The molecule has 0 aliphatic rings. The fourth-order valence-electron chi connectivity index (χ4n) is 3.98. The summed E-state index contributed by atoms with van der Waals surface area (Å²) in [6.45, 7) is 6.77. The summed E-state index contributed by atoms with van der Waals surface area (Å²) in [6, 6.07) is 20.6. The number of anilines is 1. The summed E-state index contributed by atoms with van der Waals surface area (Å²) in [5, 5.41) is 2.91. The number of rotatable bonds is 11. The van der Waals surface area contributed by atoms with E-state index < -0.39 is 34.1 Å². The lowest BCUT2D eigenvalue weighted by Gasteiger charge is -2.33. The molecule has 3 aromatic carbocycles. The van der Waals surface area contributed by atoms with E-state index in [-0.39, 0.29) is 17.3 Å². The van der Waals surface area contributed by atoms with Crippen molar-refractivity contribution < 1.29 is 27.5 Å². The third-order valence-electron chi connectivity index (χ3n) is 6.15. The number of para-hydroxylation sites is 1. The fraction of sp³-hybridized carbons (Fsp3) is 0.333. The van der Waals surface area contributed by atoms with Gasteiger partial charge >= 0.3 is 0 Å². The molecule has 214 valence electrons. The van der Waals surface area contributed by atoms with Crippen molar-refractivity contribution in [2.75, 3.05) is 25.1 Å². The minimum atomic E-state index is -4.15. The third-order valence-corrected chi connectivity index (χ3v) is 7.94. The zero-order chi connectivity index (χ0) is 29.5. The number of amides is 2. The molecule has 0 bridgehead atoms. The first-order valence-corrected chi connectivity index (χ1v) is 14.3. The van der Waals surface area contributed by atoms with Gasteiger partial charge in [0.2, 0.25) is 11.8 Å². The molecule has 0 aromatic heterocycles. The summed E-state index contributed by atoms with van der Waals surface area (Å²) in [5.41, 5.74) is 0.560. The normalized spacial score (nSPS) is 12.2. The fourth-order valence-corrected chi connectivity index (χ4v) is 5.40. The van der Waals surface area contributed by atoms with Crippen LogP contribution in [0, 0.1) is 0 Å². The monoisotopic (exact) mass is 567 g/mol. The first-order valence-electron chi connectivity index (χ1n) is 12.8. The van der Waals surface area contributed by atoms with Gasteiger partial charge in [-0.25, -0.2) is 8.42 Å². The molecule has 3 aromatic rings. The molecule has 0 heterocycles. The average molecular weight is 568 g/mol. The lowest BCUT2D eigenvalue weighted by atomic mass is 10.1. The van der Waals surface area contributed by atoms with Crippen LogP contribution in [0.1, 0.15) is 33.3 Å². The SMILES string of the molecule is COc1ccc(CN(C(=O)CN(c2ccccc2)S(=O)(=O)c2ccc(OC)cc2)[C@@H](C)C(=O)NC(C)(C)C)cc1. The molecule has 0 spiro atoms. The summed E-state index contributed by atoms with van der Waals surface area (Å²) in [4.78, 5) is 28.5. The van der Waals surface area contributed by atoms with Gasteiger partial charge in [-0.2, -0.15) is 0 Å². The van der Waals surface area contributed by atoms with E-state index in [0.717, 1.165) is 9.87 Å². The molecule has 9 nitrogen and oxygen atoms in total. The lowest BCUT2D eigenvalue weighted by Crippen LogP contribution is -2.54. The van der Waals surface area contributed by atoms with Gasteiger partial charge in [-0.1, -0.05) is 30.3 Å². The van der Waals surface area contributed by atoms with E-state index in [1.165, 1.54) is 24.1 Å².